The fraction of sp³-hybridized carbons (Fsp3) is 0.633. The van der Waals surface area contributed by atoms with E-state index in [0.29, 0.717) is 42.1 Å². The first-order valence-electron chi connectivity index (χ1n) is 13.4. The maximum atomic E-state index is 13.3. The van der Waals surface area contributed by atoms with E-state index in [2.05, 4.69) is 25.2 Å². The summed E-state index contributed by atoms with van der Waals surface area (Å²) in [6.07, 6.45) is 9.05. The molecule has 5 nitrogen and oxygen atoms in total. The second-order valence-electron chi connectivity index (χ2n) is 12.1. The quantitative estimate of drug-likeness (QED) is 0.465. The van der Waals surface area contributed by atoms with Crippen molar-refractivity contribution in [1.82, 2.24) is 5.32 Å². The van der Waals surface area contributed by atoms with Gasteiger partial charge in [0, 0.05) is 37.8 Å². The number of hydrogen-bond donors (Lipinski definition) is 1. The van der Waals surface area contributed by atoms with E-state index in [-0.39, 0.29) is 34.7 Å². The van der Waals surface area contributed by atoms with Crippen molar-refractivity contribution < 1.29 is 19.1 Å². The summed E-state index contributed by atoms with van der Waals surface area (Å²) in [5.74, 6) is 1.38. The monoisotopic (exact) mass is 477 g/mol. The second kappa shape index (κ2) is 8.90. The van der Waals surface area contributed by atoms with Crippen LogP contribution in [0.5, 0.6) is 0 Å². The molecule has 188 valence electrons. The highest BCUT2D eigenvalue weighted by Gasteiger charge is 2.61. The first-order valence-corrected chi connectivity index (χ1v) is 13.4. The summed E-state index contributed by atoms with van der Waals surface area (Å²) in [6, 6.07) is 7.58. The third-order valence-electron chi connectivity index (χ3n) is 10.2. The van der Waals surface area contributed by atoms with Gasteiger partial charge in [-0.05, 0) is 79.7 Å². The van der Waals surface area contributed by atoms with E-state index in [4.69, 9.17) is 4.74 Å². The number of fused-ring (bicyclic) bond motifs is 5. The number of Topliss-reactive ketones (excluding diaryl/α,β-unsaturated/α-hetero) is 1. The zero-order valence-electron chi connectivity index (χ0n) is 21.6. The van der Waals surface area contributed by atoms with E-state index in [9.17, 15) is 14.4 Å². The van der Waals surface area contributed by atoms with Crippen LogP contribution in [0, 0.1) is 41.4 Å². The van der Waals surface area contributed by atoms with Crippen LogP contribution >= 0.6 is 0 Å². The van der Waals surface area contributed by atoms with Gasteiger partial charge >= 0.3 is 5.97 Å². The molecule has 0 unspecified atom stereocenters. The Bertz CT molecular complexity index is 1060. The highest BCUT2D eigenvalue weighted by molar-refractivity contribution is 5.94. The Morgan fingerprint density at radius 2 is 1.80 bits per heavy atom. The molecule has 5 rings (SSSR count). The third-order valence-corrected chi connectivity index (χ3v) is 10.2. The summed E-state index contributed by atoms with van der Waals surface area (Å²) in [4.78, 5) is 37.5. The number of carbonyl (C=O) groups is 3. The minimum Gasteiger partial charge on any atom is -0.462 e. The van der Waals surface area contributed by atoms with Crippen molar-refractivity contribution in [2.45, 2.75) is 78.7 Å². The van der Waals surface area contributed by atoms with E-state index >= 15 is 0 Å². The number of esters is 1. The van der Waals surface area contributed by atoms with E-state index in [1.165, 1.54) is 12.5 Å². The number of ether oxygens (including phenoxy) is 1. The van der Waals surface area contributed by atoms with E-state index < -0.39 is 0 Å². The lowest BCUT2D eigenvalue weighted by Crippen LogP contribution is -2.51. The largest absolute Gasteiger partial charge is 0.462 e. The summed E-state index contributed by atoms with van der Waals surface area (Å²) < 4.78 is 5.56. The summed E-state index contributed by atoms with van der Waals surface area (Å²) in [5.41, 5.74) is 3.31. The van der Waals surface area contributed by atoms with Crippen LogP contribution in [0.25, 0.3) is 0 Å². The summed E-state index contributed by atoms with van der Waals surface area (Å²) in [5, 5.41) is 3.08. The Morgan fingerprint density at radius 3 is 2.51 bits per heavy atom. The van der Waals surface area contributed by atoms with Gasteiger partial charge in [0.15, 0.2) is 0 Å². The zero-order chi connectivity index (χ0) is 25.0. The molecule has 4 aliphatic rings. The van der Waals surface area contributed by atoms with Gasteiger partial charge in [-0.1, -0.05) is 43.2 Å². The molecule has 0 spiro atoms. The average Bonchev–Trinajstić information content (AvgIpc) is 3.07. The Hall–Kier alpha value is -2.43. The van der Waals surface area contributed by atoms with Gasteiger partial charge in [0.1, 0.15) is 11.9 Å². The Balaban J connectivity index is 1.30. The van der Waals surface area contributed by atoms with Crippen molar-refractivity contribution in [2.75, 3.05) is 6.54 Å². The van der Waals surface area contributed by atoms with Crippen LogP contribution in [0.3, 0.4) is 0 Å². The lowest BCUT2D eigenvalue weighted by atomic mass is 9.47. The minimum absolute atomic E-state index is 0.00631. The number of benzene rings is 1. The van der Waals surface area contributed by atoms with Crippen molar-refractivity contribution in [3.05, 3.63) is 47.0 Å². The summed E-state index contributed by atoms with van der Waals surface area (Å²) >= 11 is 0. The van der Waals surface area contributed by atoms with Gasteiger partial charge in [0.05, 0.1) is 0 Å². The van der Waals surface area contributed by atoms with Crippen molar-refractivity contribution in [1.29, 1.82) is 0 Å². The predicted molar refractivity (Wildman–Crippen MR) is 135 cm³/mol. The maximum absolute atomic E-state index is 13.3. The SMILES string of the molecule is CC(=O)O[C@H]1CC[C@@]2(C)C(=CC[C@H]3[C@@H]4CC(=O)[C@H](CNC(=O)c5ccc(C)cc5)[C@@]4(C)CC[C@@H]32)C1. The van der Waals surface area contributed by atoms with Gasteiger partial charge in [-0.2, -0.15) is 0 Å². The van der Waals surface area contributed by atoms with Crippen molar-refractivity contribution >= 4 is 17.7 Å². The van der Waals surface area contributed by atoms with Crippen LogP contribution in [0.4, 0.5) is 0 Å². The molecule has 35 heavy (non-hydrogen) atoms. The number of nitrogens with one attached hydrogen (secondary N) is 1. The Labute approximate surface area is 209 Å². The molecule has 0 aromatic heterocycles. The van der Waals surface area contributed by atoms with Gasteiger partial charge in [-0.15, -0.1) is 0 Å². The van der Waals surface area contributed by atoms with Gasteiger partial charge in [0.25, 0.3) is 5.91 Å². The molecule has 0 radical (unpaired) electrons. The summed E-state index contributed by atoms with van der Waals surface area (Å²) in [7, 11) is 0. The van der Waals surface area contributed by atoms with Gasteiger partial charge < -0.3 is 10.1 Å². The molecule has 1 aromatic carbocycles. The van der Waals surface area contributed by atoms with Crippen LogP contribution < -0.4 is 5.32 Å². The average molecular weight is 478 g/mol. The lowest BCUT2D eigenvalue weighted by molar-refractivity contribution is -0.148. The topological polar surface area (TPSA) is 72.5 Å². The lowest BCUT2D eigenvalue weighted by Gasteiger charge is -2.57. The van der Waals surface area contributed by atoms with Gasteiger partial charge in [-0.25, -0.2) is 0 Å². The summed E-state index contributed by atoms with van der Waals surface area (Å²) in [6.45, 7) is 8.65. The molecule has 3 fully saturated rings. The molecular weight excluding hydrogens is 438 g/mol. The number of ketones is 1. The Morgan fingerprint density at radius 1 is 1.06 bits per heavy atom. The first kappa shape index (κ1) is 24.3. The van der Waals surface area contributed by atoms with Crippen LogP contribution in [0.2, 0.25) is 0 Å². The second-order valence-corrected chi connectivity index (χ2v) is 12.1. The number of aryl methyl sites for hydroxylation is 1. The maximum Gasteiger partial charge on any atom is 0.302 e. The minimum atomic E-state index is -0.189. The third kappa shape index (κ3) is 4.15. The standard InChI is InChI=1S/C30H39NO4/c1-18-5-7-20(8-6-18)28(34)31-17-26-27(33)16-25-23-10-9-21-15-22(35-19(2)32)11-13-29(21,3)24(23)12-14-30(25,26)4/h5-9,22-26H,10-17H2,1-4H3,(H,31,34)/t22-,23+,24-,25-,26-,29-,30-/m0/s1. The molecule has 1 amide bonds. The number of hydrogen-bond acceptors (Lipinski definition) is 4. The van der Waals surface area contributed by atoms with E-state index in [1.807, 2.05) is 31.2 Å². The molecule has 5 heteroatoms. The molecule has 0 saturated heterocycles. The highest BCUT2D eigenvalue weighted by atomic mass is 16.5. The Kier molecular flexibility index (Phi) is 6.17. The highest BCUT2D eigenvalue weighted by Crippen LogP contribution is 2.65. The van der Waals surface area contributed by atoms with Crippen molar-refractivity contribution in [3.63, 3.8) is 0 Å². The first-order chi connectivity index (χ1) is 16.6. The molecule has 0 aliphatic heterocycles. The van der Waals surface area contributed by atoms with E-state index in [0.717, 1.165) is 44.1 Å². The van der Waals surface area contributed by atoms with Gasteiger partial charge in [-0.3, -0.25) is 14.4 Å². The fourth-order valence-electron chi connectivity index (χ4n) is 8.20. The zero-order valence-corrected chi connectivity index (χ0v) is 21.6. The molecule has 1 N–H and O–H groups in total. The van der Waals surface area contributed by atoms with Crippen LogP contribution in [-0.2, 0) is 14.3 Å². The molecule has 0 bridgehead atoms. The molecule has 3 saturated carbocycles. The predicted octanol–water partition coefficient (Wildman–Crippen LogP) is 5.41. The number of carbonyl (C=O) groups excluding carboxylic acids is 3. The molecular formula is C30H39NO4. The van der Waals surface area contributed by atoms with Crippen LogP contribution in [0.15, 0.2) is 35.9 Å². The molecule has 4 aliphatic carbocycles. The number of allylic oxidation sites excluding steroid dienone is 1. The normalized spacial score (nSPS) is 38.0. The van der Waals surface area contributed by atoms with E-state index in [1.54, 1.807) is 0 Å². The van der Waals surface area contributed by atoms with Crippen molar-refractivity contribution in [3.8, 4) is 0 Å². The number of rotatable bonds is 4. The van der Waals surface area contributed by atoms with Gasteiger partial charge in [0.2, 0.25) is 0 Å². The van der Waals surface area contributed by atoms with Crippen molar-refractivity contribution in [2.24, 2.45) is 34.5 Å². The smallest absolute Gasteiger partial charge is 0.302 e. The van der Waals surface area contributed by atoms with Crippen LogP contribution in [0.1, 0.15) is 81.6 Å². The molecule has 1 aromatic rings. The fourth-order valence-corrected chi connectivity index (χ4v) is 8.20. The van der Waals surface area contributed by atoms with Crippen LogP contribution in [-0.4, -0.2) is 30.3 Å². The molecule has 0 heterocycles. The number of amides is 1. The molecule has 7 atom stereocenters.